The molecule has 0 rings (SSSR count). The van der Waals surface area contributed by atoms with E-state index in [1.54, 1.807) is 0 Å². The van der Waals surface area contributed by atoms with Crippen LogP contribution in [0.2, 0.25) is 0 Å². The topological polar surface area (TPSA) is 29.1 Å². The third-order valence-electron chi connectivity index (χ3n) is 2.52. The van der Waals surface area contributed by atoms with Crippen molar-refractivity contribution in [1.82, 2.24) is 5.32 Å². The number of carbonyl (C=O) groups is 1. The molecule has 0 radical (unpaired) electrons. The summed E-state index contributed by atoms with van der Waals surface area (Å²) >= 11 is 3.42. The first-order valence-corrected chi connectivity index (χ1v) is 6.94. The molecule has 0 aliphatic rings. The summed E-state index contributed by atoms with van der Waals surface area (Å²) in [7, 11) is 0. The van der Waals surface area contributed by atoms with E-state index in [-0.39, 0.29) is 5.91 Å². The number of hydrogen-bond acceptors (Lipinski definition) is 1. The standard InChI is InChI=1S/C12H24BrNO/c1-9(2)5-6-12(15)14-11(7-8-13)10(3)4/h9-11H,5-8H2,1-4H3,(H,14,15). The molecular formula is C12H24BrNO. The molecule has 0 aromatic rings. The fraction of sp³-hybridized carbons (Fsp3) is 0.917. The first-order chi connectivity index (χ1) is 6.97. The highest BCUT2D eigenvalue weighted by atomic mass is 79.9. The van der Waals surface area contributed by atoms with Gasteiger partial charge in [0.2, 0.25) is 5.91 Å². The van der Waals surface area contributed by atoms with Crippen LogP contribution in [0.15, 0.2) is 0 Å². The smallest absolute Gasteiger partial charge is 0.220 e. The molecule has 90 valence electrons. The highest BCUT2D eigenvalue weighted by molar-refractivity contribution is 9.09. The summed E-state index contributed by atoms with van der Waals surface area (Å²) in [6.45, 7) is 8.59. The monoisotopic (exact) mass is 277 g/mol. The van der Waals surface area contributed by atoms with Crippen LogP contribution in [-0.2, 0) is 4.79 Å². The zero-order chi connectivity index (χ0) is 11.8. The van der Waals surface area contributed by atoms with Crippen molar-refractivity contribution in [2.45, 2.75) is 53.0 Å². The van der Waals surface area contributed by atoms with Crippen LogP contribution < -0.4 is 5.32 Å². The molecule has 0 aliphatic heterocycles. The van der Waals surface area contributed by atoms with Gasteiger partial charge in [0.25, 0.3) is 0 Å². The second-order valence-corrected chi connectivity index (χ2v) is 5.62. The lowest BCUT2D eigenvalue weighted by Gasteiger charge is -2.21. The SMILES string of the molecule is CC(C)CCC(=O)NC(CCBr)C(C)C. The molecule has 0 heterocycles. The fourth-order valence-corrected chi connectivity index (χ4v) is 1.88. The number of rotatable bonds is 7. The first-order valence-electron chi connectivity index (χ1n) is 5.82. The molecule has 0 saturated heterocycles. The summed E-state index contributed by atoms with van der Waals surface area (Å²) in [5.41, 5.74) is 0. The Morgan fingerprint density at radius 1 is 1.20 bits per heavy atom. The van der Waals surface area contributed by atoms with E-state index in [1.807, 2.05) is 0 Å². The van der Waals surface area contributed by atoms with Gasteiger partial charge >= 0.3 is 0 Å². The lowest BCUT2D eigenvalue weighted by molar-refractivity contribution is -0.122. The Balaban J connectivity index is 3.89. The highest BCUT2D eigenvalue weighted by Gasteiger charge is 2.15. The van der Waals surface area contributed by atoms with Crippen LogP contribution in [0.1, 0.15) is 47.0 Å². The number of halogens is 1. The Bertz CT molecular complexity index is 180. The van der Waals surface area contributed by atoms with E-state index in [0.29, 0.717) is 24.3 Å². The van der Waals surface area contributed by atoms with E-state index in [4.69, 9.17) is 0 Å². The van der Waals surface area contributed by atoms with Crippen LogP contribution in [-0.4, -0.2) is 17.3 Å². The quantitative estimate of drug-likeness (QED) is 0.711. The predicted octanol–water partition coefficient (Wildman–Crippen LogP) is 3.35. The van der Waals surface area contributed by atoms with Crippen molar-refractivity contribution in [3.63, 3.8) is 0 Å². The van der Waals surface area contributed by atoms with Gasteiger partial charge in [0.15, 0.2) is 0 Å². The maximum Gasteiger partial charge on any atom is 0.220 e. The van der Waals surface area contributed by atoms with Crippen molar-refractivity contribution in [3.05, 3.63) is 0 Å². The zero-order valence-corrected chi connectivity index (χ0v) is 11.9. The average molecular weight is 278 g/mol. The van der Waals surface area contributed by atoms with Crippen molar-refractivity contribution in [3.8, 4) is 0 Å². The van der Waals surface area contributed by atoms with Crippen LogP contribution >= 0.6 is 15.9 Å². The molecule has 1 unspecified atom stereocenters. The molecule has 0 aromatic carbocycles. The molecule has 0 spiro atoms. The van der Waals surface area contributed by atoms with Crippen molar-refractivity contribution in [2.75, 3.05) is 5.33 Å². The zero-order valence-electron chi connectivity index (χ0n) is 10.3. The van der Waals surface area contributed by atoms with Gasteiger partial charge in [-0.05, 0) is 24.7 Å². The molecule has 0 aromatic heterocycles. The molecule has 0 aliphatic carbocycles. The molecule has 1 amide bonds. The maximum absolute atomic E-state index is 11.6. The van der Waals surface area contributed by atoms with E-state index in [1.165, 1.54) is 0 Å². The number of amides is 1. The van der Waals surface area contributed by atoms with Crippen LogP contribution in [0.5, 0.6) is 0 Å². The van der Waals surface area contributed by atoms with E-state index in [9.17, 15) is 4.79 Å². The molecule has 1 N–H and O–H groups in total. The molecule has 2 nitrogen and oxygen atoms in total. The lowest BCUT2D eigenvalue weighted by Crippen LogP contribution is -2.38. The van der Waals surface area contributed by atoms with Gasteiger partial charge in [-0.2, -0.15) is 0 Å². The summed E-state index contributed by atoms with van der Waals surface area (Å²) in [4.78, 5) is 11.6. The number of alkyl halides is 1. The molecule has 15 heavy (non-hydrogen) atoms. The van der Waals surface area contributed by atoms with Gasteiger partial charge in [-0.3, -0.25) is 4.79 Å². The minimum atomic E-state index is 0.198. The Labute approximate surface area is 102 Å². The summed E-state index contributed by atoms with van der Waals surface area (Å²) in [5.74, 6) is 1.30. The van der Waals surface area contributed by atoms with Gasteiger partial charge < -0.3 is 5.32 Å². The summed E-state index contributed by atoms with van der Waals surface area (Å²) in [6.07, 6.45) is 2.64. The van der Waals surface area contributed by atoms with Crippen LogP contribution in [0.3, 0.4) is 0 Å². The molecule has 1 atom stereocenters. The fourth-order valence-electron chi connectivity index (χ4n) is 1.39. The maximum atomic E-state index is 11.6. The van der Waals surface area contributed by atoms with Crippen molar-refractivity contribution in [1.29, 1.82) is 0 Å². The Kier molecular flexibility index (Phi) is 8.12. The summed E-state index contributed by atoms with van der Waals surface area (Å²) in [5, 5.41) is 4.05. The highest BCUT2D eigenvalue weighted by Crippen LogP contribution is 2.09. The van der Waals surface area contributed by atoms with Crippen LogP contribution in [0, 0.1) is 11.8 Å². The van der Waals surface area contributed by atoms with Crippen LogP contribution in [0.4, 0.5) is 0 Å². The van der Waals surface area contributed by atoms with E-state index < -0.39 is 0 Å². The van der Waals surface area contributed by atoms with Crippen molar-refractivity contribution < 1.29 is 4.79 Å². The molecular weight excluding hydrogens is 254 g/mol. The lowest BCUT2D eigenvalue weighted by atomic mass is 10.0. The van der Waals surface area contributed by atoms with Crippen molar-refractivity contribution in [2.24, 2.45) is 11.8 Å². The molecule has 0 bridgehead atoms. The first kappa shape index (κ1) is 14.9. The van der Waals surface area contributed by atoms with E-state index >= 15 is 0 Å². The van der Waals surface area contributed by atoms with E-state index in [2.05, 4.69) is 48.9 Å². The van der Waals surface area contributed by atoms with Crippen LogP contribution in [0.25, 0.3) is 0 Å². The summed E-state index contributed by atoms with van der Waals surface area (Å²) in [6, 6.07) is 0.309. The van der Waals surface area contributed by atoms with Gasteiger partial charge in [-0.15, -0.1) is 0 Å². The normalized spacial score (nSPS) is 13.3. The Hall–Kier alpha value is -0.0500. The minimum Gasteiger partial charge on any atom is -0.353 e. The largest absolute Gasteiger partial charge is 0.353 e. The van der Waals surface area contributed by atoms with E-state index in [0.717, 1.165) is 18.2 Å². The van der Waals surface area contributed by atoms with Gasteiger partial charge in [0, 0.05) is 17.8 Å². The number of carbonyl (C=O) groups excluding carboxylic acids is 1. The molecule has 0 saturated carbocycles. The molecule has 3 heteroatoms. The van der Waals surface area contributed by atoms with Gasteiger partial charge in [0.1, 0.15) is 0 Å². The van der Waals surface area contributed by atoms with Crippen molar-refractivity contribution >= 4 is 21.8 Å². The average Bonchev–Trinajstić information content (AvgIpc) is 2.14. The Morgan fingerprint density at radius 2 is 1.80 bits per heavy atom. The third kappa shape index (κ3) is 7.83. The van der Waals surface area contributed by atoms with Gasteiger partial charge in [-0.1, -0.05) is 43.6 Å². The predicted molar refractivity (Wildman–Crippen MR) is 69.3 cm³/mol. The van der Waals surface area contributed by atoms with Gasteiger partial charge in [-0.25, -0.2) is 0 Å². The minimum absolute atomic E-state index is 0.198. The Morgan fingerprint density at radius 3 is 2.20 bits per heavy atom. The second-order valence-electron chi connectivity index (χ2n) is 4.83. The summed E-state index contributed by atoms with van der Waals surface area (Å²) < 4.78 is 0. The second kappa shape index (κ2) is 8.14. The van der Waals surface area contributed by atoms with Gasteiger partial charge in [0.05, 0.1) is 0 Å². The number of nitrogens with one attached hydrogen (secondary N) is 1. The third-order valence-corrected chi connectivity index (χ3v) is 2.98. The number of hydrogen-bond donors (Lipinski definition) is 1. The molecule has 0 fully saturated rings.